The van der Waals surface area contributed by atoms with Gasteiger partial charge in [-0.05, 0) is 18.9 Å². The minimum atomic E-state index is -2.35. The van der Waals surface area contributed by atoms with Gasteiger partial charge in [-0.1, -0.05) is 0 Å². The lowest BCUT2D eigenvalue weighted by molar-refractivity contribution is 0.163. The van der Waals surface area contributed by atoms with Crippen LogP contribution in [-0.4, -0.2) is 22.9 Å². The van der Waals surface area contributed by atoms with Crippen molar-refractivity contribution in [3.8, 4) is 0 Å². The molecule has 0 bridgehead atoms. The third-order valence-corrected chi connectivity index (χ3v) is 2.05. The molecule has 0 saturated heterocycles. The molecule has 1 N–H and O–H groups in total. The van der Waals surface area contributed by atoms with Crippen molar-refractivity contribution in [2.24, 2.45) is 0 Å². The predicted octanol–water partition coefficient (Wildman–Crippen LogP) is 2.45. The van der Waals surface area contributed by atoms with E-state index in [4.69, 9.17) is 0 Å². The summed E-state index contributed by atoms with van der Waals surface area (Å²) >= 11 is 0. The zero-order valence-corrected chi connectivity index (χ0v) is 8.81. The van der Waals surface area contributed by atoms with Crippen molar-refractivity contribution in [3.05, 3.63) is 18.1 Å². The summed E-state index contributed by atoms with van der Waals surface area (Å²) in [4.78, 5) is 8.24. The van der Waals surface area contributed by atoms with Crippen molar-refractivity contribution in [1.82, 2.24) is 9.97 Å². The Morgan fingerprint density at radius 3 is 2.80 bits per heavy atom. The highest BCUT2D eigenvalue weighted by Gasteiger charge is 2.26. The van der Waals surface area contributed by atoms with Crippen molar-refractivity contribution < 1.29 is 8.78 Å². The van der Waals surface area contributed by atoms with Gasteiger partial charge < -0.3 is 5.32 Å². The summed E-state index contributed by atoms with van der Waals surface area (Å²) in [6, 6.07) is 1.61. The minimum Gasteiger partial charge on any atom is -0.364 e. The first-order valence-electron chi connectivity index (χ1n) is 4.60. The molecule has 1 saturated carbocycles. The molecule has 3 nitrogen and oxygen atoms in total. The zero-order valence-electron chi connectivity index (χ0n) is 7.99. The van der Waals surface area contributed by atoms with E-state index in [1.807, 2.05) is 0 Å². The molecule has 1 fully saturated rings. The van der Waals surface area contributed by atoms with E-state index < -0.39 is 6.43 Å². The number of hydrogen-bond acceptors (Lipinski definition) is 3. The van der Waals surface area contributed by atoms with Crippen LogP contribution in [0.15, 0.2) is 12.3 Å². The highest BCUT2D eigenvalue weighted by Crippen LogP contribution is 2.37. The van der Waals surface area contributed by atoms with Crippen molar-refractivity contribution >= 4 is 18.2 Å². The summed E-state index contributed by atoms with van der Waals surface area (Å²) in [7, 11) is 0. The normalized spacial score (nSPS) is 14.9. The van der Waals surface area contributed by atoms with Crippen molar-refractivity contribution in [3.63, 3.8) is 0 Å². The maximum Gasteiger partial charge on any atom is 0.255 e. The lowest BCUT2D eigenvalue weighted by Crippen LogP contribution is -2.11. The molecule has 84 valence electrons. The Kier molecular flexibility index (Phi) is 4.20. The fraction of sp³-hybridized carbons (Fsp3) is 0.556. The summed E-state index contributed by atoms with van der Waals surface area (Å²) in [6.45, 7) is -0.360. The maximum atomic E-state index is 11.9. The van der Waals surface area contributed by atoms with Gasteiger partial charge >= 0.3 is 0 Å². The first-order valence-corrected chi connectivity index (χ1v) is 4.60. The molecule has 0 aromatic carbocycles. The SMILES string of the molecule is Cl.FC(F)CNc1ccnc(C2CC2)n1. The molecule has 6 heteroatoms. The molecule has 1 aliphatic rings. The van der Waals surface area contributed by atoms with Crippen LogP contribution >= 0.6 is 12.4 Å². The summed E-state index contributed by atoms with van der Waals surface area (Å²) in [5.74, 6) is 1.70. The molecule has 0 spiro atoms. The molecule has 0 amide bonds. The standard InChI is InChI=1S/C9H11F2N3.ClH/c10-7(11)5-13-8-3-4-12-9(14-8)6-1-2-6;/h3-4,6-7H,1-2,5H2,(H,12,13,14);1H. The number of nitrogens with one attached hydrogen (secondary N) is 1. The molecule has 0 unspecified atom stereocenters. The first-order chi connectivity index (χ1) is 6.75. The van der Waals surface area contributed by atoms with Gasteiger partial charge in [0.25, 0.3) is 6.43 Å². The summed E-state index contributed by atoms with van der Waals surface area (Å²) < 4.78 is 23.8. The Balaban J connectivity index is 0.00000112. The second-order valence-corrected chi connectivity index (χ2v) is 3.35. The second-order valence-electron chi connectivity index (χ2n) is 3.35. The molecular weight excluding hydrogens is 224 g/mol. The average Bonchev–Trinajstić information content (AvgIpc) is 2.98. The molecule has 15 heavy (non-hydrogen) atoms. The third kappa shape index (κ3) is 3.58. The summed E-state index contributed by atoms with van der Waals surface area (Å²) in [6.07, 6.45) is 1.47. The van der Waals surface area contributed by atoms with E-state index in [9.17, 15) is 8.78 Å². The van der Waals surface area contributed by atoms with Crippen molar-refractivity contribution in [2.75, 3.05) is 11.9 Å². The molecule has 1 aliphatic carbocycles. The van der Waals surface area contributed by atoms with Gasteiger partial charge in [0.05, 0.1) is 6.54 Å². The lowest BCUT2D eigenvalue weighted by atomic mass is 10.4. The monoisotopic (exact) mass is 235 g/mol. The molecule has 0 aliphatic heterocycles. The van der Waals surface area contributed by atoms with E-state index in [1.54, 1.807) is 12.3 Å². The minimum absolute atomic E-state index is 0. The predicted molar refractivity (Wildman–Crippen MR) is 55.7 cm³/mol. The molecule has 0 atom stereocenters. The Labute approximate surface area is 92.7 Å². The van der Waals surface area contributed by atoms with E-state index >= 15 is 0 Å². The number of alkyl halides is 2. The van der Waals surface area contributed by atoms with Gasteiger partial charge in [0.15, 0.2) is 0 Å². The van der Waals surface area contributed by atoms with Crippen molar-refractivity contribution in [2.45, 2.75) is 25.2 Å². The Morgan fingerprint density at radius 1 is 1.47 bits per heavy atom. The van der Waals surface area contributed by atoms with Crippen molar-refractivity contribution in [1.29, 1.82) is 0 Å². The van der Waals surface area contributed by atoms with Gasteiger partial charge in [-0.3, -0.25) is 0 Å². The van der Waals surface area contributed by atoms with Crippen LogP contribution in [0.5, 0.6) is 0 Å². The maximum absolute atomic E-state index is 11.9. The molecule has 1 aromatic rings. The van der Waals surface area contributed by atoms with E-state index in [2.05, 4.69) is 15.3 Å². The van der Waals surface area contributed by atoms with Gasteiger partial charge in [-0.2, -0.15) is 0 Å². The summed E-state index contributed by atoms with van der Waals surface area (Å²) in [5.41, 5.74) is 0. The van der Waals surface area contributed by atoms with E-state index in [0.717, 1.165) is 18.7 Å². The van der Waals surface area contributed by atoms with Crippen LogP contribution in [0.25, 0.3) is 0 Å². The van der Waals surface area contributed by atoms with E-state index in [1.165, 1.54) is 0 Å². The molecule has 2 rings (SSSR count). The molecular formula is C9H12ClF2N3. The van der Waals surface area contributed by atoms with Gasteiger partial charge in [0, 0.05) is 12.1 Å². The first kappa shape index (κ1) is 12.1. The van der Waals surface area contributed by atoms with E-state index in [-0.39, 0.29) is 19.0 Å². The van der Waals surface area contributed by atoms with Crippen LogP contribution in [-0.2, 0) is 0 Å². The number of halogens is 3. The van der Waals surface area contributed by atoms with Gasteiger partial charge in [-0.15, -0.1) is 12.4 Å². The molecule has 1 aromatic heterocycles. The zero-order chi connectivity index (χ0) is 9.97. The summed E-state index contributed by atoms with van der Waals surface area (Å²) in [5, 5.41) is 2.57. The molecule has 1 heterocycles. The van der Waals surface area contributed by atoms with Gasteiger partial charge in [-0.25, -0.2) is 18.7 Å². The van der Waals surface area contributed by atoms with Crippen LogP contribution in [0.2, 0.25) is 0 Å². The van der Waals surface area contributed by atoms with Crippen LogP contribution in [0.1, 0.15) is 24.6 Å². The number of hydrogen-bond donors (Lipinski definition) is 1. The van der Waals surface area contributed by atoms with E-state index in [0.29, 0.717) is 11.7 Å². The fourth-order valence-electron chi connectivity index (χ4n) is 1.19. The fourth-order valence-corrected chi connectivity index (χ4v) is 1.19. The number of nitrogens with zero attached hydrogens (tertiary/aromatic N) is 2. The Morgan fingerprint density at radius 2 is 2.20 bits per heavy atom. The van der Waals surface area contributed by atoms with Gasteiger partial charge in [0.2, 0.25) is 0 Å². The highest BCUT2D eigenvalue weighted by atomic mass is 35.5. The Hall–Kier alpha value is -0.970. The lowest BCUT2D eigenvalue weighted by Gasteiger charge is -2.05. The van der Waals surface area contributed by atoms with Crippen LogP contribution in [0.4, 0.5) is 14.6 Å². The number of anilines is 1. The van der Waals surface area contributed by atoms with Crippen LogP contribution in [0, 0.1) is 0 Å². The topological polar surface area (TPSA) is 37.8 Å². The quantitative estimate of drug-likeness (QED) is 0.871. The van der Waals surface area contributed by atoms with Crippen LogP contribution < -0.4 is 5.32 Å². The van der Waals surface area contributed by atoms with Crippen LogP contribution in [0.3, 0.4) is 0 Å². The smallest absolute Gasteiger partial charge is 0.255 e. The average molecular weight is 236 g/mol. The second kappa shape index (κ2) is 5.21. The number of rotatable bonds is 4. The third-order valence-electron chi connectivity index (χ3n) is 2.05. The Bertz CT molecular complexity index is 318. The van der Waals surface area contributed by atoms with Gasteiger partial charge in [0.1, 0.15) is 11.6 Å². The number of aromatic nitrogens is 2. The highest BCUT2D eigenvalue weighted by molar-refractivity contribution is 5.85. The molecule has 0 radical (unpaired) electrons. The largest absolute Gasteiger partial charge is 0.364 e.